The third kappa shape index (κ3) is 4.11. The van der Waals surface area contributed by atoms with E-state index in [2.05, 4.69) is 21.9 Å². The van der Waals surface area contributed by atoms with Crippen LogP contribution in [0.5, 0.6) is 0 Å². The van der Waals surface area contributed by atoms with Gasteiger partial charge in [-0.05, 0) is 41.3 Å². The number of carbonyl (C=O) groups is 1. The molecule has 0 bridgehead atoms. The Labute approximate surface area is 140 Å². The van der Waals surface area contributed by atoms with Crippen molar-refractivity contribution in [1.82, 2.24) is 20.0 Å². The zero-order valence-electron chi connectivity index (χ0n) is 13.4. The minimum absolute atomic E-state index is 0.0238. The third-order valence-electron chi connectivity index (χ3n) is 3.91. The molecule has 1 fully saturated rings. The fourth-order valence-electron chi connectivity index (χ4n) is 2.79. The standard InChI is InChI=1S/C16H22N4O2S/c1-12-8-20(10-15(22-12)14-4-6-23-11-14)16(21)17-5-3-13-7-18-19(2)9-13/h4,6-7,9,11-12,15H,3,5,8,10H2,1-2H3,(H,17,21)/t12-,15+/m1/s1. The highest BCUT2D eigenvalue weighted by molar-refractivity contribution is 7.07. The van der Waals surface area contributed by atoms with Crippen molar-refractivity contribution in [3.63, 3.8) is 0 Å². The van der Waals surface area contributed by atoms with Crippen LogP contribution in [0.2, 0.25) is 0 Å². The lowest BCUT2D eigenvalue weighted by Crippen LogP contribution is -2.50. The second kappa shape index (κ2) is 7.14. The number of aryl methyl sites for hydroxylation is 1. The summed E-state index contributed by atoms with van der Waals surface area (Å²) in [5, 5.41) is 11.2. The van der Waals surface area contributed by atoms with Gasteiger partial charge >= 0.3 is 6.03 Å². The zero-order valence-corrected chi connectivity index (χ0v) is 14.3. The van der Waals surface area contributed by atoms with Gasteiger partial charge in [-0.2, -0.15) is 16.4 Å². The van der Waals surface area contributed by atoms with Gasteiger partial charge in [-0.3, -0.25) is 4.68 Å². The fraction of sp³-hybridized carbons (Fsp3) is 0.500. The number of aromatic nitrogens is 2. The molecule has 0 aromatic carbocycles. The highest BCUT2D eigenvalue weighted by atomic mass is 32.1. The molecule has 0 spiro atoms. The topological polar surface area (TPSA) is 59.4 Å². The summed E-state index contributed by atoms with van der Waals surface area (Å²) in [6.45, 7) is 3.84. The lowest BCUT2D eigenvalue weighted by atomic mass is 10.1. The summed E-state index contributed by atoms with van der Waals surface area (Å²) in [7, 11) is 1.89. The quantitative estimate of drug-likeness (QED) is 0.932. The smallest absolute Gasteiger partial charge is 0.317 e. The van der Waals surface area contributed by atoms with E-state index in [4.69, 9.17) is 4.74 Å². The summed E-state index contributed by atoms with van der Waals surface area (Å²) in [5.74, 6) is 0. The number of thiophene rings is 1. The molecule has 124 valence electrons. The van der Waals surface area contributed by atoms with Crippen LogP contribution in [0.3, 0.4) is 0 Å². The SMILES string of the molecule is C[C@@H]1CN(C(=O)NCCc2cnn(C)c2)C[C@@H](c2ccsc2)O1. The molecule has 0 unspecified atom stereocenters. The molecule has 0 saturated carbocycles. The largest absolute Gasteiger partial charge is 0.367 e. The molecule has 1 N–H and O–H groups in total. The first-order valence-corrected chi connectivity index (χ1v) is 8.74. The zero-order chi connectivity index (χ0) is 16.2. The highest BCUT2D eigenvalue weighted by Crippen LogP contribution is 2.26. The summed E-state index contributed by atoms with van der Waals surface area (Å²) in [6.07, 6.45) is 4.59. The van der Waals surface area contributed by atoms with Crippen molar-refractivity contribution in [1.29, 1.82) is 0 Å². The Hall–Kier alpha value is -1.86. The predicted molar refractivity (Wildman–Crippen MR) is 89.5 cm³/mol. The first kappa shape index (κ1) is 16.0. The molecule has 2 amide bonds. The van der Waals surface area contributed by atoms with Crippen LogP contribution < -0.4 is 5.32 Å². The minimum Gasteiger partial charge on any atom is -0.367 e. The van der Waals surface area contributed by atoms with Gasteiger partial charge in [-0.15, -0.1) is 0 Å². The lowest BCUT2D eigenvalue weighted by molar-refractivity contribution is -0.0654. The van der Waals surface area contributed by atoms with Crippen molar-refractivity contribution in [2.45, 2.75) is 25.6 Å². The number of nitrogens with zero attached hydrogens (tertiary/aromatic N) is 3. The number of rotatable bonds is 4. The molecule has 2 atom stereocenters. The maximum absolute atomic E-state index is 12.4. The summed E-state index contributed by atoms with van der Waals surface area (Å²) >= 11 is 1.65. The Balaban J connectivity index is 1.51. The van der Waals surface area contributed by atoms with E-state index in [1.807, 2.05) is 36.6 Å². The van der Waals surface area contributed by atoms with E-state index in [-0.39, 0.29) is 18.2 Å². The molecule has 1 aliphatic rings. The maximum atomic E-state index is 12.4. The molecule has 1 aliphatic heterocycles. The molecule has 7 heteroatoms. The number of ether oxygens (including phenoxy) is 1. The van der Waals surface area contributed by atoms with E-state index in [9.17, 15) is 4.79 Å². The number of nitrogens with one attached hydrogen (secondary N) is 1. The van der Waals surface area contributed by atoms with Crippen LogP contribution in [0.4, 0.5) is 4.79 Å². The number of hydrogen-bond donors (Lipinski definition) is 1. The van der Waals surface area contributed by atoms with Gasteiger partial charge in [0.05, 0.1) is 18.8 Å². The second-order valence-electron chi connectivity index (χ2n) is 5.90. The second-order valence-corrected chi connectivity index (χ2v) is 6.68. The predicted octanol–water partition coefficient (Wildman–Crippen LogP) is 2.20. The monoisotopic (exact) mass is 334 g/mol. The van der Waals surface area contributed by atoms with Gasteiger partial charge in [0, 0.05) is 26.3 Å². The first-order chi connectivity index (χ1) is 11.1. The number of hydrogen-bond acceptors (Lipinski definition) is 4. The van der Waals surface area contributed by atoms with E-state index < -0.39 is 0 Å². The summed E-state index contributed by atoms with van der Waals surface area (Å²) in [5.41, 5.74) is 2.27. The van der Waals surface area contributed by atoms with Crippen LogP contribution in [-0.4, -0.2) is 46.4 Å². The lowest BCUT2D eigenvalue weighted by Gasteiger charge is -2.36. The number of amides is 2. The van der Waals surface area contributed by atoms with Crippen LogP contribution in [-0.2, 0) is 18.2 Å². The highest BCUT2D eigenvalue weighted by Gasteiger charge is 2.29. The molecule has 3 heterocycles. The molecule has 3 rings (SSSR count). The first-order valence-electron chi connectivity index (χ1n) is 7.79. The fourth-order valence-corrected chi connectivity index (χ4v) is 3.49. The van der Waals surface area contributed by atoms with Gasteiger partial charge in [-0.1, -0.05) is 0 Å². The molecule has 0 aliphatic carbocycles. The molecule has 0 radical (unpaired) electrons. The van der Waals surface area contributed by atoms with Crippen molar-refractivity contribution < 1.29 is 9.53 Å². The molecular weight excluding hydrogens is 312 g/mol. The van der Waals surface area contributed by atoms with Gasteiger partial charge in [0.1, 0.15) is 6.10 Å². The van der Waals surface area contributed by atoms with Gasteiger partial charge in [0.25, 0.3) is 0 Å². The normalized spacial score (nSPS) is 21.4. The van der Waals surface area contributed by atoms with Crippen LogP contribution >= 0.6 is 11.3 Å². The van der Waals surface area contributed by atoms with Crippen molar-refractivity contribution in [3.8, 4) is 0 Å². The summed E-state index contributed by atoms with van der Waals surface area (Å²) < 4.78 is 7.73. The number of urea groups is 1. The van der Waals surface area contributed by atoms with Crippen LogP contribution in [0.15, 0.2) is 29.2 Å². The molecule has 23 heavy (non-hydrogen) atoms. The molecular formula is C16H22N4O2S. The molecule has 2 aromatic rings. The average Bonchev–Trinajstić information content (AvgIpc) is 3.18. The third-order valence-corrected chi connectivity index (χ3v) is 4.61. The Bertz CT molecular complexity index is 640. The van der Waals surface area contributed by atoms with Gasteiger partial charge < -0.3 is 15.0 Å². The van der Waals surface area contributed by atoms with E-state index in [1.54, 1.807) is 16.0 Å². The minimum atomic E-state index is -0.0333. The molecule has 2 aromatic heterocycles. The van der Waals surface area contributed by atoms with Crippen LogP contribution in [0.1, 0.15) is 24.2 Å². The van der Waals surface area contributed by atoms with Crippen LogP contribution in [0.25, 0.3) is 0 Å². The van der Waals surface area contributed by atoms with Gasteiger partial charge in [0.15, 0.2) is 0 Å². The van der Waals surface area contributed by atoms with E-state index in [1.165, 1.54) is 0 Å². The van der Waals surface area contributed by atoms with Crippen LogP contribution in [0, 0.1) is 0 Å². The van der Waals surface area contributed by atoms with Crippen molar-refractivity contribution in [3.05, 3.63) is 40.3 Å². The average molecular weight is 334 g/mol. The Kier molecular flexibility index (Phi) is 4.97. The van der Waals surface area contributed by atoms with Gasteiger partial charge in [0.2, 0.25) is 0 Å². The molecule has 6 nitrogen and oxygen atoms in total. The number of morpholine rings is 1. The van der Waals surface area contributed by atoms with E-state index in [0.717, 1.165) is 17.5 Å². The van der Waals surface area contributed by atoms with Crippen molar-refractivity contribution in [2.24, 2.45) is 7.05 Å². The van der Waals surface area contributed by atoms with Gasteiger partial charge in [-0.25, -0.2) is 4.79 Å². The van der Waals surface area contributed by atoms with E-state index >= 15 is 0 Å². The Morgan fingerprint density at radius 1 is 1.52 bits per heavy atom. The Morgan fingerprint density at radius 3 is 3.09 bits per heavy atom. The van der Waals surface area contributed by atoms with E-state index in [0.29, 0.717) is 19.6 Å². The maximum Gasteiger partial charge on any atom is 0.317 e. The Morgan fingerprint density at radius 2 is 2.39 bits per heavy atom. The summed E-state index contributed by atoms with van der Waals surface area (Å²) in [6, 6.07) is 2.04. The summed E-state index contributed by atoms with van der Waals surface area (Å²) in [4.78, 5) is 14.2. The van der Waals surface area contributed by atoms with Crippen molar-refractivity contribution >= 4 is 17.4 Å². The number of carbonyl (C=O) groups excluding carboxylic acids is 1. The van der Waals surface area contributed by atoms with Crippen molar-refractivity contribution in [2.75, 3.05) is 19.6 Å². The molecule has 1 saturated heterocycles.